The standard InChI is InChI=1S/C13H17ClF3N3O/c1-4-20(5-2)12(21)8-19(3)11-7-9(13(15,16)17)6-10(14)18-11/h6-7H,4-5,8H2,1-3H3. The van der Waals surface area contributed by atoms with E-state index in [1.54, 1.807) is 4.90 Å². The quantitative estimate of drug-likeness (QED) is 0.781. The van der Waals surface area contributed by atoms with E-state index in [4.69, 9.17) is 11.6 Å². The van der Waals surface area contributed by atoms with Gasteiger partial charge in [-0.2, -0.15) is 13.2 Å². The van der Waals surface area contributed by atoms with Gasteiger partial charge in [-0.25, -0.2) is 4.98 Å². The van der Waals surface area contributed by atoms with E-state index in [-0.39, 0.29) is 23.4 Å². The summed E-state index contributed by atoms with van der Waals surface area (Å²) in [7, 11) is 1.50. The van der Waals surface area contributed by atoms with Gasteiger partial charge in [0.25, 0.3) is 0 Å². The summed E-state index contributed by atoms with van der Waals surface area (Å²) in [6.45, 7) is 4.69. The van der Waals surface area contributed by atoms with Crippen LogP contribution in [0.15, 0.2) is 12.1 Å². The molecule has 0 saturated carbocycles. The van der Waals surface area contributed by atoms with Crippen LogP contribution in [0.3, 0.4) is 0 Å². The fraction of sp³-hybridized carbons (Fsp3) is 0.538. The van der Waals surface area contributed by atoms with Crippen molar-refractivity contribution in [2.45, 2.75) is 20.0 Å². The molecule has 0 saturated heterocycles. The predicted octanol–water partition coefficient (Wildman–Crippen LogP) is 3.06. The SMILES string of the molecule is CCN(CC)C(=O)CN(C)c1cc(C(F)(F)F)cc(Cl)n1. The number of aromatic nitrogens is 1. The van der Waals surface area contributed by atoms with Gasteiger partial charge in [0.2, 0.25) is 5.91 Å². The van der Waals surface area contributed by atoms with E-state index >= 15 is 0 Å². The Morgan fingerprint density at radius 3 is 2.33 bits per heavy atom. The Bertz CT molecular complexity index is 504. The molecule has 1 rings (SSSR count). The molecule has 0 atom stereocenters. The van der Waals surface area contributed by atoms with Gasteiger partial charge in [-0.3, -0.25) is 4.79 Å². The van der Waals surface area contributed by atoms with Crippen LogP contribution >= 0.6 is 11.6 Å². The molecule has 1 amide bonds. The molecule has 118 valence electrons. The van der Waals surface area contributed by atoms with Gasteiger partial charge in [0.15, 0.2) is 0 Å². The first kappa shape index (κ1) is 17.6. The van der Waals surface area contributed by atoms with Crippen LogP contribution in [0.25, 0.3) is 0 Å². The number of nitrogens with zero attached hydrogens (tertiary/aromatic N) is 3. The van der Waals surface area contributed by atoms with Crippen molar-refractivity contribution in [3.05, 3.63) is 22.8 Å². The number of halogens is 4. The van der Waals surface area contributed by atoms with Crippen LogP contribution in [0.4, 0.5) is 19.0 Å². The maximum atomic E-state index is 12.7. The van der Waals surface area contributed by atoms with Crippen LogP contribution in [-0.4, -0.2) is 42.5 Å². The number of pyridine rings is 1. The summed E-state index contributed by atoms with van der Waals surface area (Å²) in [5, 5.41) is -0.262. The van der Waals surface area contributed by atoms with Crippen molar-refractivity contribution >= 4 is 23.3 Å². The lowest BCUT2D eigenvalue weighted by Gasteiger charge is -2.24. The van der Waals surface area contributed by atoms with Crippen LogP contribution in [-0.2, 0) is 11.0 Å². The molecule has 0 bridgehead atoms. The zero-order valence-corrected chi connectivity index (χ0v) is 12.8. The lowest BCUT2D eigenvalue weighted by molar-refractivity contribution is -0.137. The summed E-state index contributed by atoms with van der Waals surface area (Å²) in [5.41, 5.74) is -0.889. The number of alkyl halides is 3. The Kier molecular flexibility index (Phi) is 5.83. The minimum atomic E-state index is -4.51. The van der Waals surface area contributed by atoms with Crippen molar-refractivity contribution in [1.29, 1.82) is 0 Å². The number of rotatable bonds is 5. The molecule has 0 radical (unpaired) electrons. The highest BCUT2D eigenvalue weighted by molar-refractivity contribution is 6.29. The third-order valence-electron chi connectivity index (χ3n) is 2.99. The van der Waals surface area contributed by atoms with Gasteiger partial charge in [0.05, 0.1) is 12.1 Å². The topological polar surface area (TPSA) is 36.4 Å². The van der Waals surface area contributed by atoms with E-state index in [2.05, 4.69) is 4.98 Å². The first-order valence-corrected chi connectivity index (χ1v) is 6.80. The second kappa shape index (κ2) is 6.98. The highest BCUT2D eigenvalue weighted by Gasteiger charge is 2.32. The fourth-order valence-corrected chi connectivity index (χ4v) is 2.01. The van der Waals surface area contributed by atoms with Crippen LogP contribution in [0.2, 0.25) is 5.15 Å². The number of anilines is 1. The maximum Gasteiger partial charge on any atom is 0.416 e. The molecule has 0 unspecified atom stereocenters. The van der Waals surface area contributed by atoms with Gasteiger partial charge in [-0.05, 0) is 26.0 Å². The average Bonchev–Trinajstić information content (AvgIpc) is 2.38. The Morgan fingerprint density at radius 2 is 1.86 bits per heavy atom. The van der Waals surface area contributed by atoms with Crippen LogP contribution in [0, 0.1) is 0 Å². The molecule has 0 N–H and O–H groups in total. The van der Waals surface area contributed by atoms with Crippen molar-refractivity contribution in [2.75, 3.05) is 31.6 Å². The Labute approximate surface area is 126 Å². The second-order valence-electron chi connectivity index (χ2n) is 4.46. The molecule has 0 aliphatic heterocycles. The smallest absolute Gasteiger partial charge is 0.350 e. The Morgan fingerprint density at radius 1 is 1.29 bits per heavy atom. The number of amides is 1. The lowest BCUT2D eigenvalue weighted by Crippen LogP contribution is -2.39. The Balaban J connectivity index is 2.95. The minimum Gasteiger partial charge on any atom is -0.350 e. The zero-order valence-electron chi connectivity index (χ0n) is 12.0. The average molecular weight is 324 g/mol. The number of hydrogen-bond acceptors (Lipinski definition) is 3. The summed E-state index contributed by atoms with van der Waals surface area (Å²) in [6, 6.07) is 1.63. The molecular weight excluding hydrogens is 307 g/mol. The summed E-state index contributed by atoms with van der Waals surface area (Å²) >= 11 is 5.62. The molecular formula is C13H17ClF3N3O. The van der Waals surface area contributed by atoms with Gasteiger partial charge in [-0.15, -0.1) is 0 Å². The molecule has 8 heteroatoms. The highest BCUT2D eigenvalue weighted by atomic mass is 35.5. The molecule has 0 aliphatic rings. The van der Waals surface area contributed by atoms with E-state index in [1.807, 2.05) is 13.8 Å². The molecule has 0 aromatic carbocycles. The lowest BCUT2D eigenvalue weighted by atomic mass is 10.2. The molecule has 1 aromatic rings. The largest absolute Gasteiger partial charge is 0.416 e. The summed E-state index contributed by atoms with van der Waals surface area (Å²) in [6.07, 6.45) is -4.51. The third kappa shape index (κ3) is 4.77. The molecule has 0 aliphatic carbocycles. The van der Waals surface area contributed by atoms with Crippen molar-refractivity contribution in [3.8, 4) is 0 Å². The Hall–Kier alpha value is -1.50. The van der Waals surface area contributed by atoms with Crippen LogP contribution in [0.1, 0.15) is 19.4 Å². The van der Waals surface area contributed by atoms with Gasteiger partial charge < -0.3 is 9.80 Å². The van der Waals surface area contributed by atoms with E-state index in [0.717, 1.165) is 12.1 Å². The first-order valence-electron chi connectivity index (χ1n) is 6.42. The predicted molar refractivity (Wildman–Crippen MR) is 75.4 cm³/mol. The van der Waals surface area contributed by atoms with Crippen molar-refractivity contribution in [1.82, 2.24) is 9.88 Å². The van der Waals surface area contributed by atoms with Gasteiger partial charge in [0.1, 0.15) is 11.0 Å². The summed E-state index contributed by atoms with van der Waals surface area (Å²) in [5.74, 6) is -0.173. The van der Waals surface area contributed by atoms with E-state index in [0.29, 0.717) is 13.1 Å². The van der Waals surface area contributed by atoms with E-state index < -0.39 is 11.7 Å². The number of likely N-dealkylation sites (N-methyl/N-ethyl adjacent to an activating group) is 2. The summed E-state index contributed by atoms with van der Waals surface area (Å²) in [4.78, 5) is 18.7. The number of carbonyl (C=O) groups is 1. The third-order valence-corrected chi connectivity index (χ3v) is 3.18. The zero-order chi connectivity index (χ0) is 16.2. The van der Waals surface area contributed by atoms with Crippen LogP contribution < -0.4 is 4.90 Å². The second-order valence-corrected chi connectivity index (χ2v) is 4.84. The molecule has 1 aromatic heterocycles. The van der Waals surface area contributed by atoms with Gasteiger partial charge in [-0.1, -0.05) is 11.6 Å². The van der Waals surface area contributed by atoms with Gasteiger partial charge in [0, 0.05) is 20.1 Å². The molecule has 1 heterocycles. The molecule has 21 heavy (non-hydrogen) atoms. The summed E-state index contributed by atoms with van der Waals surface area (Å²) < 4.78 is 38.2. The van der Waals surface area contributed by atoms with E-state index in [1.165, 1.54) is 11.9 Å². The number of carbonyl (C=O) groups excluding carboxylic acids is 1. The monoisotopic (exact) mass is 323 g/mol. The molecule has 0 spiro atoms. The van der Waals surface area contributed by atoms with Crippen LogP contribution in [0.5, 0.6) is 0 Å². The minimum absolute atomic E-state index is 0.00957. The highest BCUT2D eigenvalue weighted by Crippen LogP contribution is 2.32. The first-order chi connectivity index (χ1) is 9.68. The number of hydrogen-bond donors (Lipinski definition) is 0. The molecule has 4 nitrogen and oxygen atoms in total. The van der Waals surface area contributed by atoms with Crippen molar-refractivity contribution in [2.24, 2.45) is 0 Å². The normalized spacial score (nSPS) is 11.4. The van der Waals surface area contributed by atoms with Crippen molar-refractivity contribution < 1.29 is 18.0 Å². The molecule has 0 fully saturated rings. The van der Waals surface area contributed by atoms with Crippen molar-refractivity contribution in [3.63, 3.8) is 0 Å². The fourth-order valence-electron chi connectivity index (χ4n) is 1.80. The van der Waals surface area contributed by atoms with Gasteiger partial charge >= 0.3 is 6.18 Å². The maximum absolute atomic E-state index is 12.7. The van der Waals surface area contributed by atoms with E-state index in [9.17, 15) is 18.0 Å².